The van der Waals surface area contributed by atoms with E-state index in [1.807, 2.05) is 0 Å². The Labute approximate surface area is 133 Å². The van der Waals surface area contributed by atoms with Crippen LogP contribution in [0.15, 0.2) is 11.7 Å². The van der Waals surface area contributed by atoms with Crippen molar-refractivity contribution in [3.63, 3.8) is 0 Å². The number of halogens is 11. The van der Waals surface area contributed by atoms with Crippen LogP contribution in [0.1, 0.15) is 26.2 Å². The van der Waals surface area contributed by atoms with E-state index in [0.29, 0.717) is 6.42 Å². The molecule has 0 saturated heterocycles. The Morgan fingerprint density at radius 2 is 1.24 bits per heavy atom. The molecular formula is C12H11F11O2. The molecule has 0 rings (SSSR count). The van der Waals surface area contributed by atoms with Crippen molar-refractivity contribution < 1.29 is 57.8 Å². The van der Waals surface area contributed by atoms with E-state index in [1.54, 1.807) is 0 Å². The maximum Gasteiger partial charge on any atom is 0.412 e. The van der Waals surface area contributed by atoms with Gasteiger partial charge in [-0.2, -0.15) is 48.3 Å². The molecule has 0 spiro atoms. The Bertz CT molecular complexity index is 459. The Kier molecular flexibility index (Phi) is 7.28. The largest absolute Gasteiger partial charge is 0.462 e. The molecule has 0 aliphatic carbocycles. The van der Waals surface area contributed by atoms with E-state index in [9.17, 15) is 53.1 Å². The van der Waals surface area contributed by atoms with Crippen LogP contribution >= 0.6 is 0 Å². The molecule has 0 aliphatic rings. The molecule has 0 aromatic rings. The van der Waals surface area contributed by atoms with Crippen LogP contribution in [0.5, 0.6) is 0 Å². The van der Waals surface area contributed by atoms with E-state index < -0.39 is 54.6 Å². The minimum atomic E-state index is -7.05. The molecule has 13 heteroatoms. The second-order valence-corrected chi connectivity index (χ2v) is 4.80. The van der Waals surface area contributed by atoms with Crippen LogP contribution in [0.3, 0.4) is 0 Å². The maximum absolute atomic E-state index is 12.7. The summed E-state index contributed by atoms with van der Waals surface area (Å²) in [5.41, 5.74) is -9.18. The molecule has 0 aliphatic heterocycles. The van der Waals surface area contributed by atoms with Gasteiger partial charge in [-0.3, -0.25) is 0 Å². The highest BCUT2D eigenvalue weighted by atomic mass is 19.4. The first-order chi connectivity index (χ1) is 11.0. The van der Waals surface area contributed by atoms with Gasteiger partial charge in [0, 0.05) is 6.42 Å². The van der Waals surface area contributed by atoms with Gasteiger partial charge in [0.1, 0.15) is 5.57 Å². The number of hydrogen-bond donors (Lipinski definition) is 0. The highest BCUT2D eigenvalue weighted by Crippen LogP contribution is 2.62. The average molecular weight is 396 g/mol. The molecule has 0 fully saturated rings. The van der Waals surface area contributed by atoms with Crippen LogP contribution in [-0.2, 0) is 9.53 Å². The summed E-state index contributed by atoms with van der Waals surface area (Å²) >= 11 is 0. The topological polar surface area (TPSA) is 26.3 Å². The van der Waals surface area contributed by atoms with E-state index in [0.717, 1.165) is 0 Å². The summed E-state index contributed by atoms with van der Waals surface area (Å²) in [4.78, 5) is 11.3. The third kappa shape index (κ3) is 4.97. The van der Waals surface area contributed by atoms with E-state index >= 15 is 0 Å². The van der Waals surface area contributed by atoms with Gasteiger partial charge >= 0.3 is 24.5 Å². The van der Waals surface area contributed by atoms with Gasteiger partial charge in [0.2, 0.25) is 0 Å². The summed E-state index contributed by atoms with van der Waals surface area (Å²) in [6.07, 6.45) is -27.6. The van der Waals surface area contributed by atoms with Gasteiger partial charge in [-0.05, 0) is 6.42 Å². The monoisotopic (exact) mass is 396 g/mol. The molecule has 0 amide bonds. The Balaban J connectivity index is 6.16. The van der Waals surface area contributed by atoms with Gasteiger partial charge in [-0.1, -0.05) is 13.3 Å². The van der Waals surface area contributed by atoms with Crippen LogP contribution in [0.2, 0.25) is 0 Å². The quantitative estimate of drug-likeness (QED) is 0.255. The number of ether oxygens (including phenoxy) is 1. The zero-order chi connectivity index (χ0) is 20.3. The SMILES string of the molecule is CCCCOC(=O)C(CC(C(F)(F)F)(C(F)(F)F)C(F)(F)F)=C(F)F. The van der Waals surface area contributed by atoms with Gasteiger partial charge in [0.15, 0.2) is 0 Å². The van der Waals surface area contributed by atoms with Crippen molar-refractivity contribution in [3.05, 3.63) is 11.7 Å². The smallest absolute Gasteiger partial charge is 0.412 e. The lowest BCUT2D eigenvalue weighted by atomic mass is 9.79. The Morgan fingerprint density at radius 3 is 1.52 bits per heavy atom. The molecular weight excluding hydrogens is 385 g/mol. The summed E-state index contributed by atoms with van der Waals surface area (Å²) in [7, 11) is 0. The van der Waals surface area contributed by atoms with E-state index in [-0.39, 0.29) is 6.42 Å². The fraction of sp³-hybridized carbons (Fsp3) is 0.750. The number of alkyl halides is 9. The molecule has 0 bridgehead atoms. The van der Waals surface area contributed by atoms with Crippen molar-refractivity contribution >= 4 is 5.97 Å². The third-order valence-electron chi connectivity index (χ3n) is 3.10. The molecule has 0 heterocycles. The number of rotatable bonds is 6. The zero-order valence-corrected chi connectivity index (χ0v) is 12.3. The normalized spacial score (nSPS) is 13.6. The predicted molar refractivity (Wildman–Crippen MR) is 60.3 cm³/mol. The molecule has 0 aromatic heterocycles. The molecule has 0 aromatic carbocycles. The summed E-state index contributed by atoms with van der Waals surface area (Å²) in [6, 6.07) is 0. The average Bonchev–Trinajstić information content (AvgIpc) is 2.34. The van der Waals surface area contributed by atoms with Crippen molar-refractivity contribution in [2.75, 3.05) is 6.61 Å². The van der Waals surface area contributed by atoms with Crippen molar-refractivity contribution in [1.82, 2.24) is 0 Å². The molecule has 0 saturated carbocycles. The maximum atomic E-state index is 12.7. The highest BCUT2D eigenvalue weighted by molar-refractivity contribution is 5.88. The number of carbonyl (C=O) groups is 1. The summed E-state index contributed by atoms with van der Waals surface area (Å²) in [5.74, 6) is -2.38. The van der Waals surface area contributed by atoms with Gasteiger partial charge < -0.3 is 4.74 Å². The Morgan fingerprint density at radius 1 is 0.840 bits per heavy atom. The predicted octanol–water partition coefficient (Wildman–Crippen LogP) is 5.54. The van der Waals surface area contributed by atoms with Crippen LogP contribution in [-0.4, -0.2) is 31.1 Å². The lowest BCUT2D eigenvalue weighted by molar-refractivity contribution is -0.426. The molecule has 0 atom stereocenters. The van der Waals surface area contributed by atoms with Gasteiger partial charge in [0.05, 0.1) is 6.61 Å². The lowest BCUT2D eigenvalue weighted by Crippen LogP contribution is -2.60. The summed E-state index contributed by atoms with van der Waals surface area (Å²) < 4.78 is 144. The number of hydrogen-bond acceptors (Lipinski definition) is 2. The van der Waals surface area contributed by atoms with E-state index in [2.05, 4.69) is 4.74 Å². The van der Waals surface area contributed by atoms with Gasteiger partial charge in [-0.15, -0.1) is 0 Å². The minimum Gasteiger partial charge on any atom is -0.462 e. The second kappa shape index (κ2) is 7.77. The fourth-order valence-corrected chi connectivity index (χ4v) is 1.66. The van der Waals surface area contributed by atoms with Crippen LogP contribution in [0, 0.1) is 5.41 Å². The number of carbonyl (C=O) groups excluding carboxylic acids is 1. The lowest BCUT2D eigenvalue weighted by Gasteiger charge is -2.38. The zero-order valence-electron chi connectivity index (χ0n) is 12.3. The molecule has 25 heavy (non-hydrogen) atoms. The summed E-state index contributed by atoms with van der Waals surface area (Å²) in [5, 5.41) is 0. The van der Waals surface area contributed by atoms with Crippen molar-refractivity contribution in [1.29, 1.82) is 0 Å². The van der Waals surface area contributed by atoms with Crippen molar-refractivity contribution in [2.45, 2.75) is 44.7 Å². The van der Waals surface area contributed by atoms with Crippen LogP contribution in [0.4, 0.5) is 48.3 Å². The molecule has 148 valence electrons. The van der Waals surface area contributed by atoms with Crippen LogP contribution < -0.4 is 0 Å². The number of esters is 1. The third-order valence-corrected chi connectivity index (χ3v) is 3.10. The first-order valence-corrected chi connectivity index (χ1v) is 6.44. The standard InChI is InChI=1S/C12H11F11O2/c1-2-3-4-25-8(24)6(7(13)14)5-9(10(15,16)17,11(18,19)20)12(21,22)23/h2-5H2,1H3. The van der Waals surface area contributed by atoms with E-state index in [4.69, 9.17) is 0 Å². The minimum absolute atomic E-state index is 0.00980. The highest BCUT2D eigenvalue weighted by Gasteiger charge is 2.83. The van der Waals surface area contributed by atoms with Crippen LogP contribution in [0.25, 0.3) is 0 Å². The van der Waals surface area contributed by atoms with Gasteiger partial charge in [0.25, 0.3) is 11.5 Å². The number of unbranched alkanes of at least 4 members (excludes halogenated alkanes) is 1. The van der Waals surface area contributed by atoms with Crippen molar-refractivity contribution in [2.24, 2.45) is 5.41 Å². The Hall–Kier alpha value is -1.56. The fourth-order valence-electron chi connectivity index (χ4n) is 1.66. The molecule has 0 N–H and O–H groups in total. The second-order valence-electron chi connectivity index (χ2n) is 4.80. The van der Waals surface area contributed by atoms with Crippen molar-refractivity contribution in [3.8, 4) is 0 Å². The van der Waals surface area contributed by atoms with E-state index in [1.165, 1.54) is 6.92 Å². The molecule has 0 unspecified atom stereocenters. The molecule has 2 nitrogen and oxygen atoms in total. The first-order valence-electron chi connectivity index (χ1n) is 6.44. The first kappa shape index (κ1) is 23.4. The summed E-state index contributed by atoms with van der Waals surface area (Å²) in [6.45, 7) is 0.853. The van der Waals surface area contributed by atoms with Gasteiger partial charge in [-0.25, -0.2) is 4.79 Å². The molecule has 0 radical (unpaired) electrons.